The Kier molecular flexibility index (Phi) is 6.00. The maximum Gasteiger partial charge on any atom is 0.190 e. The molecule has 0 unspecified atom stereocenters. The van der Waals surface area contributed by atoms with Gasteiger partial charge in [-0.2, -0.15) is 0 Å². The van der Waals surface area contributed by atoms with E-state index < -0.39 is 3.79 Å². The zero-order valence-corrected chi connectivity index (χ0v) is 13.8. The van der Waals surface area contributed by atoms with E-state index in [9.17, 15) is 0 Å². The summed E-state index contributed by atoms with van der Waals surface area (Å²) in [6.07, 6.45) is 1.60. The summed E-state index contributed by atoms with van der Waals surface area (Å²) < 4.78 is -0.867. The number of rotatable bonds is 3. The average Bonchev–Trinajstić information content (AvgIpc) is 2.15. The van der Waals surface area contributed by atoms with E-state index in [1.165, 1.54) is 11.5 Å². The molecule has 0 radical (unpaired) electrons. The number of thioether (sulfide) groups is 2. The maximum atomic E-state index is 5.81. The molecule has 0 saturated carbocycles. The van der Waals surface area contributed by atoms with Gasteiger partial charge in [0.15, 0.2) is 3.79 Å². The molecule has 1 fully saturated rings. The Labute approximate surface area is 123 Å². The van der Waals surface area contributed by atoms with E-state index >= 15 is 0 Å². The van der Waals surface area contributed by atoms with Gasteiger partial charge in [0.05, 0.1) is 4.08 Å². The Balaban J connectivity index is 2.38. The fourth-order valence-electron chi connectivity index (χ4n) is 1.55. The van der Waals surface area contributed by atoms with Crippen LogP contribution in [0.4, 0.5) is 0 Å². The third-order valence-electron chi connectivity index (χ3n) is 3.01. The number of hydrogen-bond acceptors (Lipinski definition) is 2. The smallest absolute Gasteiger partial charge is 0.144 e. The van der Waals surface area contributed by atoms with Crippen molar-refractivity contribution in [2.24, 2.45) is 11.8 Å². The van der Waals surface area contributed by atoms with Gasteiger partial charge in [0.2, 0.25) is 0 Å². The van der Waals surface area contributed by atoms with Gasteiger partial charge in [-0.3, -0.25) is 0 Å². The molecule has 1 heterocycles. The molecule has 0 nitrogen and oxygen atoms in total. The molecule has 0 aliphatic carbocycles. The summed E-state index contributed by atoms with van der Waals surface area (Å²) in [5, 5.41) is 0. The molecule has 5 heteroatoms. The third-order valence-corrected chi connectivity index (χ3v) is 7.10. The average molecular weight is 322 g/mol. The first-order valence-electron chi connectivity index (χ1n) is 5.56. The predicted molar refractivity (Wildman–Crippen MR) is 81.2 cm³/mol. The highest BCUT2D eigenvalue weighted by Gasteiger charge is 2.35. The molecule has 1 aliphatic rings. The molecular weight excluding hydrogens is 303 g/mol. The molecule has 0 bridgehead atoms. The normalized spacial score (nSPS) is 32.1. The van der Waals surface area contributed by atoms with Gasteiger partial charge in [0.1, 0.15) is 0 Å². The number of alkyl halides is 3. The summed E-state index contributed by atoms with van der Waals surface area (Å²) in [4.78, 5) is 0. The summed E-state index contributed by atoms with van der Waals surface area (Å²) in [7, 11) is 0. The Hall–Kier alpha value is 1.57. The SMILES string of the molecule is CC(C)C1CSC(C)(CCC(Cl)(Cl)Cl)SC1. The fourth-order valence-corrected chi connectivity index (χ4v) is 5.36. The van der Waals surface area contributed by atoms with Crippen LogP contribution in [0.25, 0.3) is 0 Å². The molecule has 0 aromatic carbocycles. The van der Waals surface area contributed by atoms with Gasteiger partial charge in [-0.05, 0) is 43.1 Å². The Morgan fingerprint density at radius 2 is 1.75 bits per heavy atom. The summed E-state index contributed by atoms with van der Waals surface area (Å²) in [5.41, 5.74) is 0. The minimum Gasteiger partial charge on any atom is -0.144 e. The standard InChI is InChI=1S/C11H19Cl3S2/c1-8(2)9-6-15-10(3,16-7-9)4-5-11(12,13)14/h8-9H,4-7H2,1-3H3. The number of halogens is 3. The monoisotopic (exact) mass is 320 g/mol. The van der Waals surface area contributed by atoms with Gasteiger partial charge in [-0.15, -0.1) is 23.5 Å². The predicted octanol–water partition coefficient (Wildman–Crippen LogP) is 5.61. The lowest BCUT2D eigenvalue weighted by molar-refractivity contribution is 0.466. The van der Waals surface area contributed by atoms with Crippen molar-refractivity contribution in [2.45, 2.75) is 41.5 Å². The van der Waals surface area contributed by atoms with Crippen LogP contribution in [0.2, 0.25) is 0 Å². The zero-order valence-electron chi connectivity index (χ0n) is 9.93. The maximum absolute atomic E-state index is 5.81. The molecule has 0 spiro atoms. The Morgan fingerprint density at radius 3 is 2.12 bits per heavy atom. The molecule has 16 heavy (non-hydrogen) atoms. The summed E-state index contributed by atoms with van der Waals surface area (Å²) in [6, 6.07) is 0. The van der Waals surface area contributed by atoms with Gasteiger partial charge in [0.25, 0.3) is 0 Å². The molecule has 0 atom stereocenters. The van der Waals surface area contributed by atoms with E-state index in [0.717, 1.165) is 18.3 Å². The molecule has 0 aromatic heterocycles. The largest absolute Gasteiger partial charge is 0.190 e. The van der Waals surface area contributed by atoms with Crippen LogP contribution < -0.4 is 0 Å². The quantitative estimate of drug-likeness (QED) is 0.620. The van der Waals surface area contributed by atoms with Crippen molar-refractivity contribution in [3.63, 3.8) is 0 Å². The van der Waals surface area contributed by atoms with E-state index in [1.54, 1.807) is 0 Å². The van der Waals surface area contributed by atoms with E-state index in [2.05, 4.69) is 20.8 Å². The lowest BCUT2D eigenvalue weighted by Crippen LogP contribution is -2.30. The van der Waals surface area contributed by atoms with Crippen LogP contribution in [0, 0.1) is 11.8 Å². The van der Waals surface area contributed by atoms with Crippen molar-refractivity contribution in [1.82, 2.24) is 0 Å². The minimum atomic E-state index is -1.10. The Morgan fingerprint density at radius 1 is 1.25 bits per heavy atom. The lowest BCUT2D eigenvalue weighted by atomic mass is 10.0. The molecule has 96 valence electrons. The van der Waals surface area contributed by atoms with Crippen molar-refractivity contribution >= 4 is 58.3 Å². The van der Waals surface area contributed by atoms with Gasteiger partial charge in [-0.1, -0.05) is 48.7 Å². The minimum absolute atomic E-state index is 0.231. The highest BCUT2D eigenvalue weighted by atomic mass is 35.6. The lowest BCUT2D eigenvalue weighted by Gasteiger charge is -2.38. The molecule has 1 saturated heterocycles. The van der Waals surface area contributed by atoms with Crippen LogP contribution in [-0.4, -0.2) is 19.4 Å². The van der Waals surface area contributed by atoms with Crippen LogP contribution in [0.3, 0.4) is 0 Å². The second-order valence-corrected chi connectivity index (χ2v) is 10.7. The van der Waals surface area contributed by atoms with Crippen LogP contribution in [0.1, 0.15) is 33.6 Å². The van der Waals surface area contributed by atoms with Crippen molar-refractivity contribution in [1.29, 1.82) is 0 Å². The summed E-state index contributed by atoms with van der Waals surface area (Å²) in [6.45, 7) is 6.88. The highest BCUT2D eigenvalue weighted by molar-refractivity contribution is 8.18. The fraction of sp³-hybridized carbons (Fsp3) is 1.00. The second kappa shape index (κ2) is 6.14. The zero-order chi connectivity index (χ0) is 12.4. The first kappa shape index (κ1) is 15.6. The third kappa shape index (κ3) is 5.48. The van der Waals surface area contributed by atoms with Crippen LogP contribution >= 0.6 is 58.3 Å². The van der Waals surface area contributed by atoms with Gasteiger partial charge < -0.3 is 0 Å². The summed E-state index contributed by atoms with van der Waals surface area (Å²) >= 11 is 21.5. The molecule has 0 amide bonds. The van der Waals surface area contributed by atoms with Gasteiger partial charge in [-0.25, -0.2) is 0 Å². The van der Waals surface area contributed by atoms with Crippen molar-refractivity contribution in [3.05, 3.63) is 0 Å². The van der Waals surface area contributed by atoms with Crippen molar-refractivity contribution < 1.29 is 0 Å². The summed E-state index contributed by atoms with van der Waals surface area (Å²) in [5.74, 6) is 4.08. The highest BCUT2D eigenvalue weighted by Crippen LogP contribution is 2.49. The topological polar surface area (TPSA) is 0 Å². The molecule has 1 aliphatic heterocycles. The van der Waals surface area contributed by atoms with E-state index in [-0.39, 0.29) is 4.08 Å². The van der Waals surface area contributed by atoms with E-state index in [4.69, 9.17) is 34.8 Å². The van der Waals surface area contributed by atoms with Crippen LogP contribution in [0.15, 0.2) is 0 Å². The first-order valence-corrected chi connectivity index (χ1v) is 8.67. The van der Waals surface area contributed by atoms with Gasteiger partial charge in [0, 0.05) is 0 Å². The molecule has 0 aromatic rings. The number of hydrogen-bond donors (Lipinski definition) is 0. The second-order valence-electron chi connectivity index (χ2n) is 4.88. The Bertz CT molecular complexity index is 218. The van der Waals surface area contributed by atoms with Gasteiger partial charge >= 0.3 is 0 Å². The van der Waals surface area contributed by atoms with E-state index in [1.807, 2.05) is 23.5 Å². The van der Waals surface area contributed by atoms with Crippen LogP contribution in [-0.2, 0) is 0 Å². The van der Waals surface area contributed by atoms with Crippen LogP contribution in [0.5, 0.6) is 0 Å². The van der Waals surface area contributed by atoms with Crippen molar-refractivity contribution in [2.75, 3.05) is 11.5 Å². The molecule has 1 rings (SSSR count). The van der Waals surface area contributed by atoms with E-state index in [0.29, 0.717) is 6.42 Å². The molecular formula is C11H19Cl3S2. The van der Waals surface area contributed by atoms with Crippen molar-refractivity contribution in [3.8, 4) is 0 Å². The first-order chi connectivity index (χ1) is 7.22. The molecule has 0 N–H and O–H groups in total.